The Bertz CT molecular complexity index is 1760. The minimum Gasteiger partial charge on any atom is -0.0616 e. The fourth-order valence-corrected chi connectivity index (χ4v) is 5.67. The summed E-state index contributed by atoms with van der Waals surface area (Å²) in [7, 11) is 0. The third-order valence-electron chi connectivity index (χ3n) is 6.57. The van der Waals surface area contributed by atoms with E-state index in [0.29, 0.717) is 0 Å². The van der Waals surface area contributed by atoms with Gasteiger partial charge in [-0.25, -0.2) is 0 Å². The Kier molecular flexibility index (Phi) is 3.94. The minimum absolute atomic E-state index is 1.08. The number of benzene rings is 7. The maximum Gasteiger partial charge on any atom is 0.0323 e. The Labute approximate surface area is 201 Å². The number of hydrogen-bond donors (Lipinski definition) is 0. The molecule has 0 unspecified atom stereocenters. The zero-order valence-corrected chi connectivity index (χ0v) is 20.2. The fraction of sp³-hybridized carbons (Fsp3) is 0. The van der Waals surface area contributed by atoms with E-state index in [4.69, 9.17) is 0 Å². The van der Waals surface area contributed by atoms with Crippen LogP contribution in [0, 0.1) is 0 Å². The highest BCUT2D eigenvalue weighted by Crippen LogP contribution is 2.35. The van der Waals surface area contributed by atoms with E-state index in [1.807, 2.05) is 0 Å². The maximum atomic E-state index is 3.64. The first-order valence-corrected chi connectivity index (χ1v) is 12.2. The highest BCUT2D eigenvalue weighted by atomic mass is 79.9. The van der Waals surface area contributed by atoms with Gasteiger partial charge in [-0.2, -0.15) is 0 Å². The largest absolute Gasteiger partial charge is 0.0616 e. The molecule has 0 radical (unpaired) electrons. The Balaban J connectivity index is 1.52. The van der Waals surface area contributed by atoms with Crippen LogP contribution in [0.3, 0.4) is 0 Å². The van der Waals surface area contributed by atoms with Crippen LogP contribution in [0.4, 0.5) is 0 Å². The third kappa shape index (κ3) is 2.87. The van der Waals surface area contributed by atoms with Crippen molar-refractivity contribution in [3.8, 4) is 0 Å². The molecule has 2 heteroatoms. The summed E-state index contributed by atoms with van der Waals surface area (Å²) < 4.78 is 2.16. The Morgan fingerprint density at radius 3 is 0.781 bits per heavy atom. The average Bonchev–Trinajstić information content (AvgIpc) is 2.78. The van der Waals surface area contributed by atoms with E-state index >= 15 is 0 Å². The Morgan fingerprint density at radius 1 is 0.281 bits per heavy atom. The second kappa shape index (κ2) is 6.78. The predicted molar refractivity (Wildman–Crippen MR) is 147 cm³/mol. The van der Waals surface area contributed by atoms with E-state index in [0.717, 1.165) is 8.95 Å². The van der Waals surface area contributed by atoms with Crippen molar-refractivity contribution in [2.45, 2.75) is 0 Å². The van der Waals surface area contributed by atoms with Crippen molar-refractivity contribution in [2.24, 2.45) is 0 Å². The van der Waals surface area contributed by atoms with E-state index in [1.165, 1.54) is 64.6 Å². The molecule has 0 saturated heterocycles. The molecule has 0 heterocycles. The molecule has 7 aromatic rings. The molecule has 0 fully saturated rings. The molecule has 0 aromatic heterocycles. The van der Waals surface area contributed by atoms with Crippen LogP contribution in [0.25, 0.3) is 64.6 Å². The lowest BCUT2D eigenvalue weighted by molar-refractivity contribution is 1.66. The number of rotatable bonds is 0. The van der Waals surface area contributed by atoms with Gasteiger partial charge in [-0.05, 0) is 169 Å². The molecule has 0 aliphatic heterocycles. The quantitative estimate of drug-likeness (QED) is 0.169. The van der Waals surface area contributed by atoms with Crippen molar-refractivity contribution in [3.63, 3.8) is 0 Å². The highest BCUT2D eigenvalue weighted by Gasteiger charge is 2.07. The smallest absolute Gasteiger partial charge is 0.0323 e. The van der Waals surface area contributed by atoms with E-state index in [-0.39, 0.29) is 0 Å². The van der Waals surface area contributed by atoms with Crippen LogP contribution < -0.4 is 0 Å². The number of fused-ring (bicyclic) bond motifs is 6. The summed E-state index contributed by atoms with van der Waals surface area (Å²) >= 11 is 7.27. The zero-order valence-electron chi connectivity index (χ0n) is 17.0. The lowest BCUT2D eigenvalue weighted by Crippen LogP contribution is -1.82. The van der Waals surface area contributed by atoms with Gasteiger partial charge < -0.3 is 0 Å². The molecule has 0 N–H and O–H groups in total. The molecule has 0 saturated carbocycles. The van der Waals surface area contributed by atoms with E-state index in [9.17, 15) is 0 Å². The zero-order chi connectivity index (χ0) is 21.4. The van der Waals surface area contributed by atoms with Crippen LogP contribution in [0.15, 0.2) is 106 Å². The summed E-state index contributed by atoms with van der Waals surface area (Å²) in [4.78, 5) is 0. The molecule has 0 amide bonds. The number of hydrogen-bond acceptors (Lipinski definition) is 0. The van der Waals surface area contributed by atoms with Gasteiger partial charge in [-0.3, -0.25) is 0 Å². The van der Waals surface area contributed by atoms with Crippen molar-refractivity contribution in [1.29, 1.82) is 0 Å². The maximum absolute atomic E-state index is 3.64. The van der Waals surface area contributed by atoms with Crippen molar-refractivity contribution in [1.82, 2.24) is 0 Å². The molecule has 0 nitrogen and oxygen atoms in total. The molecular formula is C30H16Br2. The van der Waals surface area contributed by atoms with Gasteiger partial charge >= 0.3 is 0 Å². The molecule has 7 rings (SSSR count). The molecule has 32 heavy (non-hydrogen) atoms. The van der Waals surface area contributed by atoms with Crippen molar-refractivity contribution >= 4 is 96.5 Å². The first kappa shape index (κ1) is 18.6. The predicted octanol–water partition coefficient (Wildman–Crippen LogP) is 10.1. The summed E-state index contributed by atoms with van der Waals surface area (Å²) in [6, 6.07) is 36.1. The summed E-state index contributed by atoms with van der Waals surface area (Å²) in [6.45, 7) is 0. The van der Waals surface area contributed by atoms with Gasteiger partial charge in [-0.15, -0.1) is 0 Å². The van der Waals surface area contributed by atoms with Gasteiger partial charge in [0.25, 0.3) is 0 Å². The normalized spacial score (nSPS) is 12.1. The average molecular weight is 536 g/mol. The first-order valence-electron chi connectivity index (χ1n) is 10.6. The molecule has 0 atom stereocenters. The topological polar surface area (TPSA) is 0 Å². The second-order valence-corrected chi connectivity index (χ2v) is 10.3. The van der Waals surface area contributed by atoms with E-state index < -0.39 is 0 Å². The lowest BCUT2D eigenvalue weighted by atomic mass is 9.95. The Morgan fingerprint density at radius 2 is 0.500 bits per heavy atom. The van der Waals surface area contributed by atoms with Gasteiger partial charge in [-0.1, -0.05) is 24.3 Å². The molecule has 0 bridgehead atoms. The van der Waals surface area contributed by atoms with Crippen LogP contribution in [0.1, 0.15) is 0 Å². The Hall–Kier alpha value is -2.94. The van der Waals surface area contributed by atoms with Crippen molar-refractivity contribution in [3.05, 3.63) is 106 Å². The second-order valence-electron chi connectivity index (χ2n) is 8.61. The highest BCUT2D eigenvalue weighted by molar-refractivity contribution is 9.13. The summed E-state index contributed by atoms with van der Waals surface area (Å²) in [6.07, 6.45) is 0. The lowest BCUT2D eigenvalue weighted by Gasteiger charge is -2.09. The fourth-order valence-electron chi connectivity index (χ4n) is 4.94. The van der Waals surface area contributed by atoms with Crippen LogP contribution in [-0.2, 0) is 0 Å². The third-order valence-corrected chi connectivity index (χ3v) is 8.41. The summed E-state index contributed by atoms with van der Waals surface area (Å²) in [5.74, 6) is 0. The molecular weight excluding hydrogens is 520 g/mol. The molecule has 0 aliphatic rings. The summed E-state index contributed by atoms with van der Waals surface area (Å²) in [5, 5.41) is 15.3. The number of halogens is 2. The van der Waals surface area contributed by atoms with Crippen LogP contribution in [-0.4, -0.2) is 0 Å². The SMILES string of the molecule is Brc1cc2cc3cc4cc5cc6cc7ccccc7cc6cc5cc4cc3cc2cc1Br. The molecule has 0 spiro atoms. The van der Waals surface area contributed by atoms with Crippen LogP contribution >= 0.6 is 31.9 Å². The van der Waals surface area contributed by atoms with Gasteiger partial charge in [0.15, 0.2) is 0 Å². The van der Waals surface area contributed by atoms with Crippen molar-refractivity contribution in [2.75, 3.05) is 0 Å². The monoisotopic (exact) mass is 534 g/mol. The van der Waals surface area contributed by atoms with Gasteiger partial charge in [0.05, 0.1) is 0 Å². The van der Waals surface area contributed by atoms with Gasteiger partial charge in [0, 0.05) is 8.95 Å². The van der Waals surface area contributed by atoms with Crippen LogP contribution in [0.2, 0.25) is 0 Å². The standard InChI is InChI=1S/C30H16Br2/c31-29-15-27-13-25-11-23-9-21-7-19-5-17-3-1-2-4-18(17)6-20(19)8-22(21)10-24(23)12-26(25)14-28(27)16-30(29)32/h1-16H. The molecule has 7 aromatic carbocycles. The van der Waals surface area contributed by atoms with Gasteiger partial charge in [0.2, 0.25) is 0 Å². The van der Waals surface area contributed by atoms with Crippen molar-refractivity contribution < 1.29 is 0 Å². The molecule has 150 valence electrons. The van der Waals surface area contributed by atoms with E-state index in [1.54, 1.807) is 0 Å². The minimum atomic E-state index is 1.08. The molecule has 0 aliphatic carbocycles. The first-order chi connectivity index (χ1) is 15.6. The van der Waals surface area contributed by atoms with Crippen LogP contribution in [0.5, 0.6) is 0 Å². The van der Waals surface area contributed by atoms with E-state index in [2.05, 4.69) is 129 Å². The summed E-state index contributed by atoms with van der Waals surface area (Å²) in [5.41, 5.74) is 0. The van der Waals surface area contributed by atoms with Gasteiger partial charge in [0.1, 0.15) is 0 Å².